The van der Waals surface area contributed by atoms with Gasteiger partial charge in [0.1, 0.15) is 5.82 Å². The van der Waals surface area contributed by atoms with Crippen molar-refractivity contribution in [3.63, 3.8) is 0 Å². The van der Waals surface area contributed by atoms with Gasteiger partial charge in [-0.3, -0.25) is 14.2 Å². The van der Waals surface area contributed by atoms with Gasteiger partial charge in [-0.05, 0) is 42.7 Å². The lowest BCUT2D eigenvalue weighted by atomic mass is 9.70. The van der Waals surface area contributed by atoms with Gasteiger partial charge in [-0.2, -0.15) is 5.10 Å². The number of hydrogen-bond acceptors (Lipinski definition) is 4. The third kappa shape index (κ3) is 2.77. The minimum atomic E-state index is -0.140. The molecule has 2 saturated carbocycles. The average Bonchev–Trinajstić information content (AvgIpc) is 3.01. The fourth-order valence-corrected chi connectivity index (χ4v) is 5.00. The normalized spacial score (nSPS) is 26.9. The van der Waals surface area contributed by atoms with E-state index in [1.807, 2.05) is 18.2 Å². The molecule has 2 aromatic rings. The van der Waals surface area contributed by atoms with Crippen LogP contribution in [0.3, 0.4) is 0 Å². The number of para-hydroxylation sites is 1. The number of nitrogens with zero attached hydrogens (tertiary/aromatic N) is 3. The number of aromatic nitrogens is 2. The van der Waals surface area contributed by atoms with Crippen LogP contribution >= 0.6 is 0 Å². The number of rotatable bonds is 4. The van der Waals surface area contributed by atoms with E-state index in [4.69, 9.17) is 0 Å². The summed E-state index contributed by atoms with van der Waals surface area (Å²) in [6.45, 7) is 6.92. The first-order valence-corrected chi connectivity index (χ1v) is 10.0. The van der Waals surface area contributed by atoms with Crippen LogP contribution in [0.25, 0.3) is 10.9 Å². The second-order valence-corrected chi connectivity index (χ2v) is 9.00. The van der Waals surface area contributed by atoms with Gasteiger partial charge in [0.05, 0.1) is 10.9 Å². The lowest BCUT2D eigenvalue weighted by molar-refractivity contribution is -0.121. The van der Waals surface area contributed by atoms with Crippen molar-refractivity contribution in [3.8, 4) is 0 Å². The molecule has 4 rings (SSSR count). The lowest BCUT2D eigenvalue weighted by Gasteiger charge is -2.34. The number of amides is 1. The Hall–Kier alpha value is -2.50. The highest BCUT2D eigenvalue weighted by atomic mass is 16.2. The van der Waals surface area contributed by atoms with Crippen LogP contribution in [0.15, 0.2) is 34.2 Å². The molecule has 1 N–H and O–H groups in total. The van der Waals surface area contributed by atoms with E-state index < -0.39 is 0 Å². The van der Waals surface area contributed by atoms with Gasteiger partial charge in [0.15, 0.2) is 0 Å². The Morgan fingerprint density at radius 3 is 2.75 bits per heavy atom. The highest BCUT2D eigenvalue weighted by molar-refractivity contribution is 5.95. The molecule has 1 amide bonds. The quantitative estimate of drug-likeness (QED) is 0.828. The molecule has 2 aliphatic rings. The second kappa shape index (κ2) is 6.54. The second-order valence-electron chi connectivity index (χ2n) is 9.00. The van der Waals surface area contributed by atoms with Crippen LogP contribution in [0.2, 0.25) is 0 Å². The van der Waals surface area contributed by atoms with E-state index in [9.17, 15) is 9.59 Å². The molecule has 1 aromatic heterocycles. The predicted octanol–water partition coefficient (Wildman–Crippen LogP) is 3.18. The van der Waals surface area contributed by atoms with Crippen molar-refractivity contribution in [1.29, 1.82) is 0 Å². The Morgan fingerprint density at radius 1 is 1.32 bits per heavy atom. The molecular weight excluding hydrogens is 352 g/mol. The Kier molecular flexibility index (Phi) is 4.40. The SMILES string of the molecule is Cn1c(CCC(=O)N/N=C2/C[C@@H]3CC[C@]2(C)C3(C)C)nc2ccccc2c1=O. The summed E-state index contributed by atoms with van der Waals surface area (Å²) in [6.07, 6.45) is 4.02. The maximum Gasteiger partial charge on any atom is 0.261 e. The Labute approximate surface area is 165 Å². The number of carbonyl (C=O) groups is 1. The molecule has 2 atom stereocenters. The molecular formula is C22H28N4O2. The van der Waals surface area contributed by atoms with Gasteiger partial charge in [0.2, 0.25) is 5.91 Å². The van der Waals surface area contributed by atoms with Gasteiger partial charge in [0.25, 0.3) is 5.56 Å². The molecule has 0 radical (unpaired) electrons. The standard InChI is InChI=1S/C22H28N4O2/c1-21(2)14-11-12-22(21,3)17(13-14)24-25-19(27)10-9-18-23-16-8-6-5-7-15(16)20(28)26(18)4/h5-8,14H,9-13H2,1-4H3,(H,25,27)/b24-17-/t14-,22-/m0/s1. The molecule has 0 spiro atoms. The highest BCUT2D eigenvalue weighted by Gasteiger charge is 2.59. The van der Waals surface area contributed by atoms with Gasteiger partial charge >= 0.3 is 0 Å². The average molecular weight is 380 g/mol. The van der Waals surface area contributed by atoms with E-state index in [2.05, 4.69) is 36.3 Å². The van der Waals surface area contributed by atoms with E-state index >= 15 is 0 Å². The summed E-state index contributed by atoms with van der Waals surface area (Å²) in [5.41, 5.74) is 4.77. The number of aryl methyl sites for hydroxylation is 1. The lowest BCUT2D eigenvalue weighted by Crippen LogP contribution is -2.34. The van der Waals surface area contributed by atoms with E-state index in [-0.39, 0.29) is 28.7 Å². The largest absolute Gasteiger partial charge is 0.299 e. The molecule has 28 heavy (non-hydrogen) atoms. The van der Waals surface area contributed by atoms with Gasteiger partial charge in [-0.1, -0.05) is 32.9 Å². The molecule has 1 heterocycles. The van der Waals surface area contributed by atoms with E-state index in [1.54, 1.807) is 13.1 Å². The van der Waals surface area contributed by atoms with Gasteiger partial charge in [-0.25, -0.2) is 10.4 Å². The summed E-state index contributed by atoms with van der Waals surface area (Å²) in [5.74, 6) is 1.13. The van der Waals surface area contributed by atoms with Crippen molar-refractivity contribution in [2.24, 2.45) is 28.9 Å². The van der Waals surface area contributed by atoms with Crippen molar-refractivity contribution < 1.29 is 4.79 Å². The molecule has 2 bridgehead atoms. The summed E-state index contributed by atoms with van der Waals surface area (Å²) in [4.78, 5) is 29.4. The van der Waals surface area contributed by atoms with Crippen LogP contribution in [0.5, 0.6) is 0 Å². The van der Waals surface area contributed by atoms with Crippen molar-refractivity contribution in [3.05, 3.63) is 40.4 Å². The third-order valence-electron chi connectivity index (χ3n) is 7.48. The first-order chi connectivity index (χ1) is 13.2. The summed E-state index contributed by atoms with van der Waals surface area (Å²) >= 11 is 0. The number of benzene rings is 1. The fraction of sp³-hybridized carbons (Fsp3) is 0.545. The van der Waals surface area contributed by atoms with Crippen LogP contribution in [-0.2, 0) is 18.3 Å². The van der Waals surface area contributed by atoms with Crippen molar-refractivity contribution in [2.75, 3.05) is 0 Å². The summed E-state index contributed by atoms with van der Waals surface area (Å²) in [5, 5.41) is 5.10. The molecule has 1 aromatic carbocycles. The van der Waals surface area contributed by atoms with E-state index in [0.717, 1.165) is 18.6 Å². The zero-order valence-electron chi connectivity index (χ0n) is 17.1. The van der Waals surface area contributed by atoms with Crippen LogP contribution in [0.1, 0.15) is 52.3 Å². The smallest absolute Gasteiger partial charge is 0.261 e. The van der Waals surface area contributed by atoms with Gasteiger partial charge < -0.3 is 0 Å². The fourth-order valence-electron chi connectivity index (χ4n) is 5.00. The number of carbonyl (C=O) groups excluding carboxylic acids is 1. The Morgan fingerprint density at radius 2 is 2.07 bits per heavy atom. The number of nitrogens with one attached hydrogen (secondary N) is 1. The first-order valence-electron chi connectivity index (χ1n) is 10.0. The minimum Gasteiger partial charge on any atom is -0.299 e. The molecule has 148 valence electrons. The molecule has 0 saturated heterocycles. The van der Waals surface area contributed by atoms with Gasteiger partial charge in [-0.15, -0.1) is 0 Å². The molecule has 6 nitrogen and oxygen atoms in total. The topological polar surface area (TPSA) is 76.3 Å². The number of fused-ring (bicyclic) bond motifs is 3. The van der Waals surface area contributed by atoms with Crippen LogP contribution in [0, 0.1) is 16.7 Å². The molecule has 0 unspecified atom stereocenters. The Bertz CT molecular complexity index is 1040. The molecule has 2 fully saturated rings. The van der Waals surface area contributed by atoms with Crippen LogP contribution in [0.4, 0.5) is 0 Å². The molecule has 2 aliphatic carbocycles. The van der Waals surface area contributed by atoms with Crippen molar-refractivity contribution in [1.82, 2.24) is 15.0 Å². The van der Waals surface area contributed by atoms with Crippen molar-refractivity contribution in [2.45, 2.75) is 52.9 Å². The summed E-state index contributed by atoms with van der Waals surface area (Å²) in [7, 11) is 1.70. The van der Waals surface area contributed by atoms with E-state index in [1.165, 1.54) is 11.0 Å². The zero-order chi connectivity index (χ0) is 20.1. The third-order valence-corrected chi connectivity index (χ3v) is 7.48. The number of hydrogen-bond donors (Lipinski definition) is 1. The van der Waals surface area contributed by atoms with Crippen molar-refractivity contribution >= 4 is 22.5 Å². The summed E-state index contributed by atoms with van der Waals surface area (Å²) in [6, 6.07) is 7.28. The monoisotopic (exact) mass is 380 g/mol. The number of hydrazone groups is 1. The Balaban J connectivity index is 1.44. The molecule has 6 heteroatoms. The maximum absolute atomic E-state index is 12.5. The van der Waals surface area contributed by atoms with Gasteiger partial charge in [0, 0.05) is 31.0 Å². The minimum absolute atomic E-state index is 0.0781. The van der Waals surface area contributed by atoms with Crippen LogP contribution in [-0.4, -0.2) is 21.2 Å². The first kappa shape index (κ1) is 18.8. The summed E-state index contributed by atoms with van der Waals surface area (Å²) < 4.78 is 1.53. The van der Waals surface area contributed by atoms with Crippen LogP contribution < -0.4 is 11.0 Å². The zero-order valence-corrected chi connectivity index (χ0v) is 17.1. The maximum atomic E-state index is 12.5. The van der Waals surface area contributed by atoms with E-state index in [0.29, 0.717) is 29.1 Å². The predicted molar refractivity (Wildman–Crippen MR) is 110 cm³/mol. The highest BCUT2D eigenvalue weighted by Crippen LogP contribution is 2.63. The molecule has 0 aliphatic heterocycles.